The van der Waals surface area contributed by atoms with E-state index in [-0.39, 0.29) is 5.75 Å². The van der Waals surface area contributed by atoms with E-state index in [0.29, 0.717) is 6.42 Å². The number of benzene rings is 1. The number of rotatable bonds is 2. The fraction of sp³-hybridized carbons (Fsp3) is 0.154. The Hall–Kier alpha value is -2.43. The first kappa shape index (κ1) is 10.7. The molecule has 2 aromatic heterocycles. The summed E-state index contributed by atoms with van der Waals surface area (Å²) in [4.78, 5) is 12.8. The molecule has 3 aromatic rings. The van der Waals surface area contributed by atoms with Crippen LogP contribution in [0.25, 0.3) is 11.2 Å². The number of aryl methyl sites for hydroxylation is 1. The van der Waals surface area contributed by atoms with Crippen LogP contribution in [0.15, 0.2) is 36.9 Å². The minimum absolute atomic E-state index is 0.278. The zero-order chi connectivity index (χ0) is 12.5. The molecule has 5 nitrogen and oxygen atoms in total. The summed E-state index contributed by atoms with van der Waals surface area (Å²) >= 11 is 0. The summed E-state index contributed by atoms with van der Waals surface area (Å²) in [5.41, 5.74) is 3.24. The highest BCUT2D eigenvalue weighted by atomic mass is 16.3. The maximum absolute atomic E-state index is 9.78. The molecule has 0 aliphatic heterocycles. The van der Waals surface area contributed by atoms with Gasteiger partial charge in [0.05, 0.1) is 12.0 Å². The lowest BCUT2D eigenvalue weighted by Gasteiger charge is -2.04. The number of aromatic nitrogens is 4. The van der Waals surface area contributed by atoms with Crippen LogP contribution in [-0.2, 0) is 13.5 Å². The molecule has 0 saturated heterocycles. The van der Waals surface area contributed by atoms with Crippen LogP contribution in [0.4, 0.5) is 0 Å². The number of nitrogens with zero attached hydrogens (tertiary/aromatic N) is 4. The minimum Gasteiger partial charge on any atom is -0.508 e. The lowest BCUT2D eigenvalue weighted by Crippen LogP contribution is -1.97. The third kappa shape index (κ3) is 1.69. The lowest BCUT2D eigenvalue weighted by atomic mass is 10.1. The van der Waals surface area contributed by atoms with E-state index in [0.717, 1.165) is 22.4 Å². The third-order valence-corrected chi connectivity index (χ3v) is 2.92. The van der Waals surface area contributed by atoms with E-state index in [4.69, 9.17) is 0 Å². The van der Waals surface area contributed by atoms with E-state index in [9.17, 15) is 5.11 Å². The monoisotopic (exact) mass is 240 g/mol. The van der Waals surface area contributed by atoms with E-state index >= 15 is 0 Å². The zero-order valence-electron chi connectivity index (χ0n) is 9.91. The number of hydrogen-bond acceptors (Lipinski definition) is 4. The molecular formula is C13H12N4O. The van der Waals surface area contributed by atoms with E-state index in [2.05, 4.69) is 15.0 Å². The van der Waals surface area contributed by atoms with E-state index in [1.54, 1.807) is 18.5 Å². The quantitative estimate of drug-likeness (QED) is 0.740. The van der Waals surface area contributed by atoms with Crippen molar-refractivity contribution in [1.29, 1.82) is 0 Å². The van der Waals surface area contributed by atoms with Crippen molar-refractivity contribution < 1.29 is 5.11 Å². The minimum atomic E-state index is 0.278. The number of hydrogen-bond donors (Lipinski definition) is 1. The summed E-state index contributed by atoms with van der Waals surface area (Å²) in [6.07, 6.45) is 3.79. The highest BCUT2D eigenvalue weighted by molar-refractivity contribution is 5.73. The van der Waals surface area contributed by atoms with Crippen molar-refractivity contribution in [3.8, 4) is 5.75 Å². The Bertz CT molecular complexity index is 705. The van der Waals surface area contributed by atoms with Gasteiger partial charge in [-0.1, -0.05) is 18.2 Å². The van der Waals surface area contributed by atoms with Gasteiger partial charge in [0.25, 0.3) is 0 Å². The average Bonchev–Trinajstić information content (AvgIpc) is 2.76. The number of phenols is 1. The average molecular weight is 240 g/mol. The molecule has 0 fully saturated rings. The summed E-state index contributed by atoms with van der Waals surface area (Å²) in [7, 11) is 1.89. The molecule has 90 valence electrons. The van der Waals surface area contributed by atoms with Gasteiger partial charge in [-0.2, -0.15) is 0 Å². The number of imidazole rings is 1. The maximum atomic E-state index is 9.78. The van der Waals surface area contributed by atoms with Crippen molar-refractivity contribution in [3.05, 3.63) is 48.2 Å². The predicted octanol–water partition coefficient (Wildman–Crippen LogP) is 1.66. The van der Waals surface area contributed by atoms with Crippen molar-refractivity contribution in [2.75, 3.05) is 0 Å². The summed E-state index contributed by atoms with van der Waals surface area (Å²) in [5, 5.41) is 9.78. The molecule has 0 saturated carbocycles. The molecule has 3 rings (SSSR count). The Morgan fingerprint density at radius 1 is 1.17 bits per heavy atom. The van der Waals surface area contributed by atoms with Crippen molar-refractivity contribution in [3.63, 3.8) is 0 Å². The molecule has 0 radical (unpaired) electrons. The van der Waals surface area contributed by atoms with Crippen molar-refractivity contribution in [2.45, 2.75) is 6.42 Å². The van der Waals surface area contributed by atoms with Crippen LogP contribution in [-0.4, -0.2) is 24.6 Å². The van der Waals surface area contributed by atoms with Gasteiger partial charge in [0.1, 0.15) is 17.6 Å². The first-order valence-corrected chi connectivity index (χ1v) is 5.63. The standard InChI is InChI=1S/C13H12N4O/c1-17-8-16-12-10(14-7-15-13(12)17)6-9-4-2-3-5-11(9)18/h2-5,7-8,18H,6H2,1H3. The smallest absolute Gasteiger partial charge is 0.163 e. The largest absolute Gasteiger partial charge is 0.508 e. The number of fused-ring (bicyclic) bond motifs is 1. The Morgan fingerprint density at radius 2 is 2.00 bits per heavy atom. The highest BCUT2D eigenvalue weighted by Crippen LogP contribution is 2.21. The second-order valence-corrected chi connectivity index (χ2v) is 4.15. The lowest BCUT2D eigenvalue weighted by molar-refractivity contribution is 0.469. The Kier molecular flexibility index (Phi) is 2.44. The van der Waals surface area contributed by atoms with Gasteiger partial charge in [-0.15, -0.1) is 0 Å². The van der Waals surface area contributed by atoms with E-state index < -0.39 is 0 Å². The van der Waals surface area contributed by atoms with Crippen LogP contribution >= 0.6 is 0 Å². The van der Waals surface area contributed by atoms with Gasteiger partial charge >= 0.3 is 0 Å². The SMILES string of the molecule is Cn1cnc2c(Cc3ccccc3O)ncnc21. The summed E-state index contributed by atoms with van der Waals surface area (Å²) in [6, 6.07) is 7.25. The summed E-state index contributed by atoms with van der Waals surface area (Å²) < 4.78 is 1.85. The summed E-state index contributed by atoms with van der Waals surface area (Å²) in [5.74, 6) is 0.278. The third-order valence-electron chi connectivity index (χ3n) is 2.92. The molecule has 0 amide bonds. The molecule has 0 aliphatic carbocycles. The first-order chi connectivity index (χ1) is 8.75. The predicted molar refractivity (Wildman–Crippen MR) is 67.2 cm³/mol. The molecule has 5 heteroatoms. The molecule has 1 N–H and O–H groups in total. The fourth-order valence-corrected chi connectivity index (χ4v) is 1.96. The van der Waals surface area contributed by atoms with Gasteiger partial charge < -0.3 is 9.67 Å². The molecular weight excluding hydrogens is 228 g/mol. The Labute approximate surface area is 104 Å². The van der Waals surface area contributed by atoms with Crippen molar-refractivity contribution in [1.82, 2.24) is 19.5 Å². The molecule has 18 heavy (non-hydrogen) atoms. The fourth-order valence-electron chi connectivity index (χ4n) is 1.96. The molecule has 2 heterocycles. The molecule has 0 atom stereocenters. The molecule has 0 unspecified atom stereocenters. The normalized spacial score (nSPS) is 10.9. The van der Waals surface area contributed by atoms with Crippen LogP contribution in [0.5, 0.6) is 5.75 Å². The van der Waals surface area contributed by atoms with E-state index in [1.165, 1.54) is 6.33 Å². The summed E-state index contributed by atoms with van der Waals surface area (Å²) in [6.45, 7) is 0. The van der Waals surface area contributed by atoms with Gasteiger partial charge in [0.15, 0.2) is 5.65 Å². The second kappa shape index (κ2) is 4.10. The van der Waals surface area contributed by atoms with Crippen molar-refractivity contribution in [2.24, 2.45) is 7.05 Å². The van der Waals surface area contributed by atoms with Crippen molar-refractivity contribution >= 4 is 11.2 Å². The molecule has 0 spiro atoms. The van der Waals surface area contributed by atoms with Gasteiger partial charge in [-0.05, 0) is 11.6 Å². The number of aromatic hydroxyl groups is 1. The van der Waals surface area contributed by atoms with Crippen LogP contribution in [0.1, 0.15) is 11.3 Å². The highest BCUT2D eigenvalue weighted by Gasteiger charge is 2.10. The first-order valence-electron chi connectivity index (χ1n) is 5.63. The number of para-hydroxylation sites is 1. The van der Waals surface area contributed by atoms with Gasteiger partial charge in [-0.3, -0.25) is 0 Å². The van der Waals surface area contributed by atoms with E-state index in [1.807, 2.05) is 23.7 Å². The topological polar surface area (TPSA) is 63.8 Å². The zero-order valence-corrected chi connectivity index (χ0v) is 9.91. The van der Waals surface area contributed by atoms with Crippen LogP contribution in [0, 0.1) is 0 Å². The Morgan fingerprint density at radius 3 is 2.83 bits per heavy atom. The Balaban J connectivity index is 2.08. The van der Waals surface area contributed by atoms with Crippen LogP contribution < -0.4 is 0 Å². The van der Waals surface area contributed by atoms with Gasteiger partial charge in [0, 0.05) is 13.5 Å². The van der Waals surface area contributed by atoms with Crippen LogP contribution in [0.2, 0.25) is 0 Å². The second-order valence-electron chi connectivity index (χ2n) is 4.15. The van der Waals surface area contributed by atoms with Gasteiger partial charge in [-0.25, -0.2) is 15.0 Å². The van der Waals surface area contributed by atoms with Crippen LogP contribution in [0.3, 0.4) is 0 Å². The molecule has 0 bridgehead atoms. The number of phenolic OH excluding ortho intramolecular Hbond substituents is 1. The van der Waals surface area contributed by atoms with Gasteiger partial charge in [0.2, 0.25) is 0 Å². The maximum Gasteiger partial charge on any atom is 0.163 e. The molecule has 0 aliphatic rings. The molecule has 1 aromatic carbocycles.